The summed E-state index contributed by atoms with van der Waals surface area (Å²) in [4.78, 5) is 119. The Labute approximate surface area is 440 Å². The molecular formula is C46H81IN8O18. The fourth-order valence-electron chi connectivity index (χ4n) is 6.68. The molecule has 0 aromatic heterocycles. The van der Waals surface area contributed by atoms with E-state index in [4.69, 9.17) is 29.8 Å². The summed E-state index contributed by atoms with van der Waals surface area (Å²) in [6.45, 7) is 2.45. The average Bonchev–Trinajstić information content (AvgIpc) is 3.33. The lowest BCUT2D eigenvalue weighted by Gasteiger charge is -2.21. The van der Waals surface area contributed by atoms with Crippen LogP contribution >= 0.6 is 22.9 Å². The Morgan fingerprint density at radius 1 is 0.466 bits per heavy atom. The van der Waals surface area contributed by atoms with E-state index in [2.05, 4.69) is 35.4 Å². The minimum Gasteiger partial charge on any atom is -0.481 e. The van der Waals surface area contributed by atoms with Crippen LogP contribution in [-0.2, 0) is 66.9 Å². The van der Waals surface area contributed by atoms with Gasteiger partial charge in [0, 0.05) is 68.2 Å². The van der Waals surface area contributed by atoms with Gasteiger partial charge in [-0.05, 0) is 51.9 Å². The Kier molecular flexibility index (Phi) is 41.7. The first-order chi connectivity index (χ1) is 34.9. The highest BCUT2D eigenvalue weighted by molar-refractivity contribution is 14.1. The van der Waals surface area contributed by atoms with Crippen LogP contribution in [0.15, 0.2) is 0 Å². The number of primary amides is 1. The minimum absolute atomic E-state index is 0.0898. The molecule has 0 saturated carbocycles. The molecule has 0 heterocycles. The number of carbonyl (C=O) groups is 10. The van der Waals surface area contributed by atoms with Crippen molar-refractivity contribution in [3.63, 3.8) is 0 Å². The number of hydrogen-bond acceptors (Lipinski definition) is 16. The number of ether oxygens (including phenoxy) is 4. The van der Waals surface area contributed by atoms with Gasteiger partial charge in [0.05, 0.1) is 51.8 Å². The smallest absolute Gasteiger partial charge is 0.326 e. The van der Waals surface area contributed by atoms with E-state index >= 15 is 0 Å². The van der Waals surface area contributed by atoms with Crippen molar-refractivity contribution >= 4 is 82.1 Å². The lowest BCUT2D eigenvalue weighted by atomic mass is 10.0. The number of unbranched alkanes of at least 4 members (excludes halogenated alkanes) is 10. The van der Waals surface area contributed by atoms with Crippen LogP contribution in [0.2, 0.25) is 0 Å². The third-order valence-corrected chi connectivity index (χ3v) is 11.5. The number of nitrogens with one attached hydrogen (secondary N) is 7. The van der Waals surface area contributed by atoms with Gasteiger partial charge in [0.2, 0.25) is 41.4 Å². The molecule has 0 aromatic carbocycles. The first-order valence-corrected chi connectivity index (χ1v) is 26.0. The van der Waals surface area contributed by atoms with E-state index in [0.717, 1.165) is 51.4 Å². The molecule has 0 fully saturated rings. The first-order valence-electron chi connectivity index (χ1n) is 24.9. The molecule has 0 aliphatic heterocycles. The van der Waals surface area contributed by atoms with Crippen molar-refractivity contribution in [3.05, 3.63) is 0 Å². The third-order valence-electron chi connectivity index (χ3n) is 10.8. The fraction of sp³-hybridized carbons (Fsp3) is 0.783. The molecule has 0 aliphatic rings. The van der Waals surface area contributed by atoms with Crippen molar-refractivity contribution in [1.82, 2.24) is 35.4 Å². The minimum atomic E-state index is -1.41. The molecule has 0 aromatic rings. The van der Waals surface area contributed by atoms with Crippen molar-refractivity contribution < 1.29 is 87.3 Å². The van der Waals surface area contributed by atoms with Gasteiger partial charge in [-0.25, -0.2) is 13.1 Å². The highest BCUT2D eigenvalue weighted by Crippen LogP contribution is 2.13. The molecule has 0 unspecified atom stereocenters. The van der Waals surface area contributed by atoms with Crippen molar-refractivity contribution in [2.75, 3.05) is 72.5 Å². The van der Waals surface area contributed by atoms with E-state index in [1.54, 1.807) is 0 Å². The number of aliphatic carboxylic acids is 3. The Hall–Kier alpha value is -4.81. The van der Waals surface area contributed by atoms with Crippen molar-refractivity contribution in [2.24, 2.45) is 5.73 Å². The second-order valence-electron chi connectivity index (χ2n) is 17.1. The lowest BCUT2D eigenvalue weighted by molar-refractivity contribution is -0.143. The fourth-order valence-corrected chi connectivity index (χ4v) is 7.27. The zero-order valence-electron chi connectivity index (χ0n) is 42.1. The summed E-state index contributed by atoms with van der Waals surface area (Å²) in [6, 6.07) is -4.58. The highest BCUT2D eigenvalue weighted by Gasteiger charge is 2.27. The maximum atomic E-state index is 12.5. The molecule has 5 atom stereocenters. The summed E-state index contributed by atoms with van der Waals surface area (Å²) in [5.41, 5.74) is 5.21. The molecular weight excluding hydrogens is 1080 g/mol. The molecule has 0 aliphatic carbocycles. The zero-order valence-corrected chi connectivity index (χ0v) is 44.2. The number of carbonyl (C=O) groups excluding carboxylic acids is 7. The molecule has 0 bridgehead atoms. The summed E-state index contributed by atoms with van der Waals surface area (Å²) >= 11 is 1.82. The number of aliphatic hydroxyl groups excluding tert-OH is 1. The van der Waals surface area contributed by atoms with Crippen molar-refractivity contribution in [1.29, 1.82) is 0 Å². The van der Waals surface area contributed by atoms with Crippen molar-refractivity contribution in [3.8, 4) is 0 Å². The van der Waals surface area contributed by atoms with E-state index < -0.39 is 77.7 Å². The Morgan fingerprint density at radius 2 is 0.890 bits per heavy atom. The molecule has 0 rings (SSSR count). The molecule has 0 radical (unpaired) electrons. The molecule has 0 spiro atoms. The maximum Gasteiger partial charge on any atom is 0.326 e. The lowest BCUT2D eigenvalue weighted by Crippen LogP contribution is -2.54. The number of carboxylic acids is 3. The molecule has 27 heteroatoms. The van der Waals surface area contributed by atoms with E-state index in [0.29, 0.717) is 38.6 Å². The van der Waals surface area contributed by atoms with Crippen LogP contribution in [0.3, 0.4) is 0 Å². The zero-order chi connectivity index (χ0) is 54.7. The molecule has 420 valence electrons. The summed E-state index contributed by atoms with van der Waals surface area (Å²) in [5.74, 6) is -7.21. The normalized spacial score (nSPS) is 13.1. The van der Waals surface area contributed by atoms with E-state index in [-0.39, 0.29) is 116 Å². The van der Waals surface area contributed by atoms with Gasteiger partial charge in [-0.1, -0.05) is 51.4 Å². The molecule has 0 saturated heterocycles. The number of hydrogen-bond donors (Lipinski definition) is 12. The Morgan fingerprint density at radius 3 is 1.34 bits per heavy atom. The van der Waals surface area contributed by atoms with Gasteiger partial charge >= 0.3 is 17.9 Å². The predicted octanol–water partition coefficient (Wildman–Crippen LogP) is -0.304. The van der Waals surface area contributed by atoms with Gasteiger partial charge in [0.15, 0.2) is 0 Å². The van der Waals surface area contributed by atoms with Gasteiger partial charge in [0.1, 0.15) is 31.3 Å². The van der Waals surface area contributed by atoms with Crippen molar-refractivity contribution in [2.45, 2.75) is 159 Å². The first kappa shape index (κ1) is 68.2. The number of aliphatic hydroxyl groups is 1. The number of halogens is 1. The summed E-state index contributed by atoms with van der Waals surface area (Å²) in [7, 11) is 0. The summed E-state index contributed by atoms with van der Waals surface area (Å²) < 4.78 is 24.1. The number of amides is 7. The van der Waals surface area contributed by atoms with Crippen LogP contribution < -0.4 is 41.2 Å². The summed E-state index contributed by atoms with van der Waals surface area (Å²) in [5, 5.41) is 52.4. The molecule has 73 heavy (non-hydrogen) atoms. The van der Waals surface area contributed by atoms with Crippen LogP contribution in [0, 0.1) is 0 Å². The van der Waals surface area contributed by atoms with Gasteiger partial charge in [0.25, 0.3) is 0 Å². The highest BCUT2D eigenvalue weighted by atomic mass is 127. The SMILES string of the molecule is C[C@@H](O)[C@H](NC(=O)[C@H](CCCCNC(=O)COCCOCCNC(=O)COCCOCCNC(=O)CC[C@H](NC(=O)CC[C@H](NC(=O)CCCCCCCCCCCCC(=O)O)C(=O)O)C(=O)O)NI)C(N)=O. The number of rotatable bonds is 49. The quantitative estimate of drug-likeness (QED) is 0.0211. The van der Waals surface area contributed by atoms with E-state index in [1.165, 1.54) is 6.92 Å². The second kappa shape index (κ2) is 44.7. The second-order valence-corrected chi connectivity index (χ2v) is 17.7. The molecule has 7 amide bonds. The third kappa shape index (κ3) is 40.3. The van der Waals surface area contributed by atoms with Gasteiger partial charge in [-0.2, -0.15) is 0 Å². The molecule has 13 N–H and O–H groups in total. The van der Waals surface area contributed by atoms with E-state index in [9.17, 15) is 63.3 Å². The topological polar surface area (TPSA) is 399 Å². The van der Waals surface area contributed by atoms with Crippen LogP contribution in [0.25, 0.3) is 0 Å². The van der Waals surface area contributed by atoms with Gasteiger partial charge < -0.3 is 77.0 Å². The van der Waals surface area contributed by atoms with E-state index in [1.807, 2.05) is 22.9 Å². The van der Waals surface area contributed by atoms with Gasteiger partial charge in [-0.15, -0.1) is 0 Å². The molecule has 26 nitrogen and oxygen atoms in total. The Bertz CT molecular complexity index is 1650. The van der Waals surface area contributed by atoms with Crippen LogP contribution in [-0.4, -0.2) is 182 Å². The maximum absolute atomic E-state index is 12.5. The van der Waals surface area contributed by atoms with Gasteiger partial charge in [-0.3, -0.25) is 38.4 Å². The monoisotopic (exact) mass is 1160 g/mol. The Balaban J connectivity index is 3.97. The average molecular weight is 1160 g/mol. The standard InChI is InChI=1S/C46H81IN8O18/c1-32(56)42(43(48)64)54-44(65)33(55-47)14-12-13-21-49-39(60)30-72-28-27-71-25-23-51-40(61)31-73-29-26-70-24-22-50-36(57)19-17-34(45(66)67)53-38(59)20-18-35(46(68)69)52-37(58)15-10-8-6-4-2-3-5-7-9-11-16-41(62)63/h32-35,42,55-56H,2-31H2,1H3,(H2,48,64)(H,49,60)(H,50,57)(H,51,61)(H,52,58)(H,53,59)(H,54,65)(H,62,63)(H,66,67)(H,68,69)/t32-,33+,34+,35+,42+/m1/s1. The predicted molar refractivity (Wildman–Crippen MR) is 271 cm³/mol. The van der Waals surface area contributed by atoms with Crippen LogP contribution in [0.5, 0.6) is 0 Å². The van der Waals surface area contributed by atoms with Crippen LogP contribution in [0.4, 0.5) is 0 Å². The number of nitrogens with two attached hydrogens (primary N) is 1. The largest absolute Gasteiger partial charge is 0.481 e. The number of carboxylic acid groups (broad SMARTS) is 3. The van der Waals surface area contributed by atoms with Crippen LogP contribution in [0.1, 0.15) is 129 Å². The summed E-state index contributed by atoms with van der Waals surface area (Å²) in [6.07, 6.45) is 8.77.